The molecular formula is C20H22FN5O. The van der Waals surface area contributed by atoms with E-state index in [-0.39, 0.29) is 17.6 Å². The van der Waals surface area contributed by atoms with Crippen LogP contribution in [0.4, 0.5) is 10.1 Å². The maximum absolute atomic E-state index is 13.4. The number of benzene rings is 1. The first-order valence-corrected chi connectivity index (χ1v) is 9.07. The summed E-state index contributed by atoms with van der Waals surface area (Å²) in [5, 5.41) is 4.86. The second kappa shape index (κ2) is 6.64. The molecule has 0 atom stereocenters. The van der Waals surface area contributed by atoms with Crippen LogP contribution in [0.25, 0.3) is 10.9 Å². The minimum atomic E-state index is -0.297. The Bertz CT molecular complexity index is 1020. The van der Waals surface area contributed by atoms with Crippen molar-refractivity contribution in [3.05, 3.63) is 53.2 Å². The number of nitrogen functional groups attached to an aromatic ring is 1. The Morgan fingerprint density at radius 1 is 1.26 bits per heavy atom. The molecule has 0 spiro atoms. The van der Waals surface area contributed by atoms with Crippen molar-refractivity contribution in [1.82, 2.24) is 19.7 Å². The molecule has 1 aliphatic heterocycles. The number of carbonyl (C=O) groups excluding carboxylic acids is 1. The Hall–Kier alpha value is -2.96. The first-order valence-electron chi connectivity index (χ1n) is 9.07. The number of rotatable bonds is 2. The summed E-state index contributed by atoms with van der Waals surface area (Å²) in [4.78, 5) is 19.3. The Labute approximate surface area is 156 Å². The Kier molecular flexibility index (Phi) is 4.30. The van der Waals surface area contributed by atoms with E-state index in [0.717, 1.165) is 29.7 Å². The van der Waals surface area contributed by atoms with Crippen LogP contribution in [-0.4, -0.2) is 38.7 Å². The quantitative estimate of drug-likeness (QED) is 0.755. The van der Waals surface area contributed by atoms with Gasteiger partial charge in [0, 0.05) is 37.1 Å². The lowest BCUT2D eigenvalue weighted by atomic mass is 9.91. The predicted molar refractivity (Wildman–Crippen MR) is 102 cm³/mol. The maximum Gasteiger partial charge on any atom is 0.257 e. The molecular weight excluding hydrogens is 345 g/mol. The molecule has 1 fully saturated rings. The first kappa shape index (κ1) is 17.5. The molecule has 1 amide bonds. The number of fused-ring (bicyclic) bond motifs is 1. The second-order valence-corrected chi connectivity index (χ2v) is 7.13. The number of piperidine rings is 1. The Morgan fingerprint density at radius 3 is 2.67 bits per heavy atom. The van der Waals surface area contributed by atoms with Crippen molar-refractivity contribution >= 4 is 22.5 Å². The van der Waals surface area contributed by atoms with Gasteiger partial charge in [-0.2, -0.15) is 5.10 Å². The van der Waals surface area contributed by atoms with Gasteiger partial charge in [0.05, 0.1) is 28.7 Å². The SMILES string of the molecule is Cc1c(C(=O)N2CCC(c3nc4ccc(F)cc4cc3N)CC2)cnn1C. The molecule has 3 heterocycles. The largest absolute Gasteiger partial charge is 0.397 e. The smallest absolute Gasteiger partial charge is 0.257 e. The summed E-state index contributed by atoms with van der Waals surface area (Å²) >= 11 is 0. The number of carbonyl (C=O) groups is 1. The van der Waals surface area contributed by atoms with Gasteiger partial charge in [-0.15, -0.1) is 0 Å². The molecule has 27 heavy (non-hydrogen) atoms. The second-order valence-electron chi connectivity index (χ2n) is 7.13. The number of anilines is 1. The Balaban J connectivity index is 1.51. The molecule has 0 bridgehead atoms. The summed E-state index contributed by atoms with van der Waals surface area (Å²) in [7, 11) is 1.83. The number of hydrogen-bond donors (Lipinski definition) is 1. The number of aromatic nitrogens is 3. The number of hydrogen-bond acceptors (Lipinski definition) is 4. The molecule has 7 heteroatoms. The fraction of sp³-hybridized carbons (Fsp3) is 0.350. The van der Waals surface area contributed by atoms with Crippen LogP contribution in [0, 0.1) is 12.7 Å². The highest BCUT2D eigenvalue weighted by molar-refractivity contribution is 5.95. The summed E-state index contributed by atoms with van der Waals surface area (Å²) in [5.41, 5.74) is 9.89. The molecule has 0 saturated carbocycles. The molecule has 0 radical (unpaired) electrons. The van der Waals surface area contributed by atoms with E-state index in [9.17, 15) is 9.18 Å². The molecule has 4 rings (SSSR count). The van der Waals surface area contributed by atoms with E-state index in [0.29, 0.717) is 29.7 Å². The minimum Gasteiger partial charge on any atom is -0.397 e. The zero-order chi connectivity index (χ0) is 19.1. The number of aryl methyl sites for hydroxylation is 1. The van der Waals surface area contributed by atoms with Crippen molar-refractivity contribution in [3.63, 3.8) is 0 Å². The standard InChI is InChI=1S/C20H22FN5O/c1-12-16(11-23-25(12)2)20(27)26-7-5-13(6-8-26)19-17(22)10-14-9-15(21)3-4-18(14)24-19/h3-4,9-11,13H,5-8,22H2,1-2H3. The van der Waals surface area contributed by atoms with Gasteiger partial charge in [0.2, 0.25) is 0 Å². The fourth-order valence-corrected chi connectivity index (χ4v) is 3.74. The molecule has 140 valence electrons. The third-order valence-corrected chi connectivity index (χ3v) is 5.47. The van der Waals surface area contributed by atoms with Crippen LogP contribution in [-0.2, 0) is 7.05 Å². The number of nitrogens with two attached hydrogens (primary N) is 1. The molecule has 6 nitrogen and oxygen atoms in total. The van der Waals surface area contributed by atoms with E-state index >= 15 is 0 Å². The van der Waals surface area contributed by atoms with Gasteiger partial charge < -0.3 is 10.6 Å². The van der Waals surface area contributed by atoms with Crippen molar-refractivity contribution in [2.24, 2.45) is 7.05 Å². The highest BCUT2D eigenvalue weighted by Crippen LogP contribution is 2.33. The fourth-order valence-electron chi connectivity index (χ4n) is 3.74. The molecule has 1 aliphatic rings. The van der Waals surface area contributed by atoms with Crippen LogP contribution in [0.2, 0.25) is 0 Å². The summed E-state index contributed by atoms with van der Waals surface area (Å²) in [6.07, 6.45) is 3.23. The monoisotopic (exact) mass is 367 g/mol. The molecule has 2 aromatic heterocycles. The topological polar surface area (TPSA) is 77.0 Å². The van der Waals surface area contributed by atoms with Crippen LogP contribution in [0.5, 0.6) is 0 Å². The van der Waals surface area contributed by atoms with E-state index in [1.54, 1.807) is 23.0 Å². The van der Waals surface area contributed by atoms with Crippen molar-refractivity contribution in [3.8, 4) is 0 Å². The summed E-state index contributed by atoms with van der Waals surface area (Å²) < 4.78 is 15.1. The van der Waals surface area contributed by atoms with Gasteiger partial charge in [-0.25, -0.2) is 4.39 Å². The Morgan fingerprint density at radius 2 is 2.00 bits per heavy atom. The van der Waals surface area contributed by atoms with Crippen LogP contribution in [0.3, 0.4) is 0 Å². The molecule has 3 aromatic rings. The van der Waals surface area contributed by atoms with E-state index in [1.165, 1.54) is 12.1 Å². The van der Waals surface area contributed by atoms with Gasteiger partial charge in [0.1, 0.15) is 5.82 Å². The van der Waals surface area contributed by atoms with Gasteiger partial charge in [0.25, 0.3) is 5.91 Å². The average molecular weight is 367 g/mol. The van der Waals surface area contributed by atoms with Crippen LogP contribution in [0.1, 0.15) is 40.5 Å². The summed E-state index contributed by atoms with van der Waals surface area (Å²) in [5.74, 6) is -0.0820. The minimum absolute atomic E-state index is 0.0222. The maximum atomic E-state index is 13.4. The zero-order valence-corrected chi connectivity index (χ0v) is 15.4. The van der Waals surface area contributed by atoms with E-state index in [1.807, 2.05) is 18.9 Å². The number of amides is 1. The van der Waals surface area contributed by atoms with Gasteiger partial charge in [-0.3, -0.25) is 14.5 Å². The van der Waals surface area contributed by atoms with Crippen LogP contribution in [0.15, 0.2) is 30.5 Å². The molecule has 1 saturated heterocycles. The predicted octanol–water partition coefficient (Wildman–Crippen LogP) is 3.02. The number of pyridine rings is 1. The van der Waals surface area contributed by atoms with E-state index < -0.39 is 0 Å². The highest BCUT2D eigenvalue weighted by atomic mass is 19.1. The van der Waals surface area contributed by atoms with Crippen molar-refractivity contribution in [2.75, 3.05) is 18.8 Å². The third kappa shape index (κ3) is 3.13. The molecule has 0 aliphatic carbocycles. The van der Waals surface area contributed by atoms with E-state index in [4.69, 9.17) is 5.73 Å². The van der Waals surface area contributed by atoms with Gasteiger partial charge in [0.15, 0.2) is 0 Å². The van der Waals surface area contributed by atoms with E-state index in [2.05, 4.69) is 10.1 Å². The van der Waals surface area contributed by atoms with Gasteiger partial charge in [-0.1, -0.05) is 0 Å². The van der Waals surface area contributed by atoms with Crippen LogP contribution < -0.4 is 5.73 Å². The lowest BCUT2D eigenvalue weighted by molar-refractivity contribution is 0.0711. The van der Waals surface area contributed by atoms with Crippen LogP contribution >= 0.6 is 0 Å². The lowest BCUT2D eigenvalue weighted by Crippen LogP contribution is -2.38. The summed E-state index contributed by atoms with van der Waals surface area (Å²) in [6, 6.07) is 6.32. The lowest BCUT2D eigenvalue weighted by Gasteiger charge is -2.32. The van der Waals surface area contributed by atoms with Crippen molar-refractivity contribution in [2.45, 2.75) is 25.7 Å². The highest BCUT2D eigenvalue weighted by Gasteiger charge is 2.28. The van der Waals surface area contributed by atoms with Crippen molar-refractivity contribution < 1.29 is 9.18 Å². The third-order valence-electron chi connectivity index (χ3n) is 5.47. The molecule has 2 N–H and O–H groups in total. The number of nitrogens with zero attached hydrogens (tertiary/aromatic N) is 4. The number of likely N-dealkylation sites (tertiary alicyclic amines) is 1. The first-order chi connectivity index (χ1) is 12.9. The average Bonchev–Trinajstić information content (AvgIpc) is 2.99. The summed E-state index contributed by atoms with van der Waals surface area (Å²) in [6.45, 7) is 3.20. The molecule has 1 aromatic carbocycles. The van der Waals surface area contributed by atoms with Gasteiger partial charge >= 0.3 is 0 Å². The number of halogens is 1. The van der Waals surface area contributed by atoms with Crippen molar-refractivity contribution in [1.29, 1.82) is 0 Å². The zero-order valence-electron chi connectivity index (χ0n) is 15.4. The van der Waals surface area contributed by atoms with Gasteiger partial charge in [-0.05, 0) is 44.0 Å². The normalized spacial score (nSPS) is 15.4. The molecule has 0 unspecified atom stereocenters.